The molecule has 1 aromatic rings. The van der Waals surface area contributed by atoms with E-state index in [1.807, 2.05) is 0 Å². The summed E-state index contributed by atoms with van der Waals surface area (Å²) < 4.78 is 5.87. The van der Waals surface area contributed by atoms with E-state index in [0.717, 1.165) is 25.5 Å². The molecule has 2 heteroatoms. The van der Waals surface area contributed by atoms with E-state index < -0.39 is 0 Å². The zero-order chi connectivity index (χ0) is 12.4. The third-order valence-electron chi connectivity index (χ3n) is 4.28. The van der Waals surface area contributed by atoms with Crippen LogP contribution in [0.15, 0.2) is 24.3 Å². The highest BCUT2D eigenvalue weighted by atomic mass is 16.5. The van der Waals surface area contributed by atoms with Gasteiger partial charge in [-0.2, -0.15) is 0 Å². The SMILES string of the molecule is CCc1ccccc1CNC1CCOC1C1CC1. The van der Waals surface area contributed by atoms with E-state index in [1.54, 1.807) is 0 Å². The Balaban J connectivity index is 1.59. The lowest BCUT2D eigenvalue weighted by atomic mass is 10.0. The van der Waals surface area contributed by atoms with E-state index in [0.29, 0.717) is 12.1 Å². The van der Waals surface area contributed by atoms with Crippen molar-refractivity contribution in [3.05, 3.63) is 35.4 Å². The second-order valence-corrected chi connectivity index (χ2v) is 5.57. The molecule has 2 atom stereocenters. The Morgan fingerprint density at radius 3 is 2.67 bits per heavy atom. The van der Waals surface area contributed by atoms with Crippen molar-refractivity contribution in [2.75, 3.05) is 6.61 Å². The molecule has 2 nitrogen and oxygen atoms in total. The smallest absolute Gasteiger partial charge is 0.0757 e. The Morgan fingerprint density at radius 2 is 1.94 bits per heavy atom. The van der Waals surface area contributed by atoms with Crippen LogP contribution in [0.2, 0.25) is 0 Å². The van der Waals surface area contributed by atoms with Crippen LogP contribution in [0, 0.1) is 5.92 Å². The lowest BCUT2D eigenvalue weighted by Crippen LogP contribution is -2.37. The number of benzene rings is 1. The summed E-state index contributed by atoms with van der Waals surface area (Å²) in [7, 11) is 0. The summed E-state index contributed by atoms with van der Waals surface area (Å²) >= 11 is 0. The number of ether oxygens (including phenoxy) is 1. The third kappa shape index (κ3) is 2.60. The van der Waals surface area contributed by atoms with E-state index in [-0.39, 0.29) is 0 Å². The van der Waals surface area contributed by atoms with Crippen LogP contribution in [0.4, 0.5) is 0 Å². The summed E-state index contributed by atoms with van der Waals surface area (Å²) in [6.45, 7) is 4.15. The molecule has 2 fully saturated rings. The lowest BCUT2D eigenvalue weighted by Gasteiger charge is -2.20. The molecule has 2 unspecified atom stereocenters. The van der Waals surface area contributed by atoms with Crippen molar-refractivity contribution in [2.45, 2.75) is 51.3 Å². The molecule has 0 aromatic heterocycles. The molecule has 1 saturated carbocycles. The van der Waals surface area contributed by atoms with Crippen LogP contribution in [0.1, 0.15) is 37.3 Å². The highest BCUT2D eigenvalue weighted by Gasteiger charge is 2.40. The number of rotatable bonds is 5. The summed E-state index contributed by atoms with van der Waals surface area (Å²) in [5, 5.41) is 3.72. The molecule has 0 amide bonds. The fourth-order valence-electron chi connectivity index (χ4n) is 3.04. The van der Waals surface area contributed by atoms with Crippen LogP contribution in [-0.4, -0.2) is 18.8 Å². The molecule has 0 radical (unpaired) electrons. The zero-order valence-electron chi connectivity index (χ0n) is 11.2. The first-order valence-electron chi connectivity index (χ1n) is 7.30. The molecule has 18 heavy (non-hydrogen) atoms. The van der Waals surface area contributed by atoms with Gasteiger partial charge in [0, 0.05) is 19.2 Å². The first kappa shape index (κ1) is 12.2. The third-order valence-corrected chi connectivity index (χ3v) is 4.28. The van der Waals surface area contributed by atoms with E-state index >= 15 is 0 Å². The summed E-state index contributed by atoms with van der Waals surface area (Å²) in [5.74, 6) is 0.839. The predicted molar refractivity (Wildman–Crippen MR) is 73.5 cm³/mol. The Bertz CT molecular complexity index is 400. The monoisotopic (exact) mass is 245 g/mol. The predicted octanol–water partition coefficient (Wildman–Crippen LogP) is 2.91. The highest BCUT2D eigenvalue weighted by Crippen LogP contribution is 2.38. The standard InChI is InChI=1S/C16H23NO/c1-2-12-5-3-4-6-14(12)11-17-15-9-10-18-16(15)13-7-8-13/h3-6,13,15-17H,2,7-11H2,1H3. The van der Waals surface area contributed by atoms with E-state index in [9.17, 15) is 0 Å². The first-order valence-corrected chi connectivity index (χ1v) is 7.30. The average molecular weight is 245 g/mol. The molecule has 3 rings (SSSR count). The number of hydrogen-bond acceptors (Lipinski definition) is 2. The summed E-state index contributed by atoms with van der Waals surface area (Å²) in [5.41, 5.74) is 2.91. The van der Waals surface area contributed by atoms with Gasteiger partial charge in [0.05, 0.1) is 6.10 Å². The second-order valence-electron chi connectivity index (χ2n) is 5.57. The molecule has 1 heterocycles. The molecule has 0 spiro atoms. The maximum absolute atomic E-state index is 5.87. The van der Waals surface area contributed by atoms with Crippen molar-refractivity contribution in [2.24, 2.45) is 5.92 Å². The van der Waals surface area contributed by atoms with Crippen molar-refractivity contribution in [1.82, 2.24) is 5.32 Å². The normalized spacial score (nSPS) is 27.6. The second kappa shape index (κ2) is 5.41. The molecular weight excluding hydrogens is 222 g/mol. The maximum Gasteiger partial charge on any atom is 0.0757 e. The lowest BCUT2D eigenvalue weighted by molar-refractivity contribution is 0.0808. The van der Waals surface area contributed by atoms with E-state index in [1.165, 1.54) is 30.4 Å². The largest absolute Gasteiger partial charge is 0.376 e. The van der Waals surface area contributed by atoms with Gasteiger partial charge in [-0.05, 0) is 42.7 Å². The van der Waals surface area contributed by atoms with Gasteiger partial charge in [0.2, 0.25) is 0 Å². The van der Waals surface area contributed by atoms with Crippen molar-refractivity contribution < 1.29 is 4.74 Å². The van der Waals surface area contributed by atoms with E-state index in [2.05, 4.69) is 36.5 Å². The van der Waals surface area contributed by atoms with Crippen LogP contribution >= 0.6 is 0 Å². The molecule has 1 N–H and O–H groups in total. The van der Waals surface area contributed by atoms with Crippen LogP contribution in [0.25, 0.3) is 0 Å². The van der Waals surface area contributed by atoms with Gasteiger partial charge in [0.1, 0.15) is 0 Å². The van der Waals surface area contributed by atoms with Crippen LogP contribution in [0.3, 0.4) is 0 Å². The molecule has 98 valence electrons. The molecular formula is C16H23NO. The van der Waals surface area contributed by atoms with Crippen LogP contribution in [0.5, 0.6) is 0 Å². The van der Waals surface area contributed by atoms with Crippen molar-refractivity contribution in [3.8, 4) is 0 Å². The van der Waals surface area contributed by atoms with Crippen molar-refractivity contribution in [1.29, 1.82) is 0 Å². The minimum Gasteiger partial charge on any atom is -0.376 e. The molecule has 2 aliphatic rings. The van der Waals surface area contributed by atoms with Gasteiger partial charge in [-0.25, -0.2) is 0 Å². The maximum atomic E-state index is 5.87. The first-order chi connectivity index (χ1) is 8.88. The number of nitrogens with one attached hydrogen (secondary N) is 1. The quantitative estimate of drug-likeness (QED) is 0.861. The Morgan fingerprint density at radius 1 is 1.17 bits per heavy atom. The minimum absolute atomic E-state index is 0.485. The minimum atomic E-state index is 0.485. The summed E-state index contributed by atoms with van der Waals surface area (Å²) in [6.07, 6.45) is 5.52. The molecule has 0 bridgehead atoms. The van der Waals surface area contributed by atoms with Crippen molar-refractivity contribution >= 4 is 0 Å². The Kier molecular flexibility index (Phi) is 3.67. The topological polar surface area (TPSA) is 21.3 Å². The van der Waals surface area contributed by atoms with E-state index in [4.69, 9.17) is 4.74 Å². The van der Waals surface area contributed by atoms with Crippen LogP contribution in [-0.2, 0) is 17.7 Å². The van der Waals surface area contributed by atoms with Gasteiger partial charge >= 0.3 is 0 Å². The van der Waals surface area contributed by atoms with Crippen molar-refractivity contribution in [3.63, 3.8) is 0 Å². The molecule has 1 aliphatic carbocycles. The molecule has 1 aliphatic heterocycles. The average Bonchev–Trinajstić information content (AvgIpc) is 3.16. The summed E-state index contributed by atoms with van der Waals surface area (Å²) in [4.78, 5) is 0. The fourth-order valence-corrected chi connectivity index (χ4v) is 3.04. The number of hydrogen-bond donors (Lipinski definition) is 1. The van der Waals surface area contributed by atoms with Gasteiger partial charge < -0.3 is 10.1 Å². The van der Waals surface area contributed by atoms with Gasteiger partial charge in [-0.15, -0.1) is 0 Å². The molecule has 1 saturated heterocycles. The fraction of sp³-hybridized carbons (Fsp3) is 0.625. The highest BCUT2D eigenvalue weighted by molar-refractivity contribution is 5.27. The van der Waals surface area contributed by atoms with Gasteiger partial charge in [-0.3, -0.25) is 0 Å². The van der Waals surface area contributed by atoms with Gasteiger partial charge in [0.15, 0.2) is 0 Å². The van der Waals surface area contributed by atoms with Gasteiger partial charge in [-0.1, -0.05) is 31.2 Å². The zero-order valence-corrected chi connectivity index (χ0v) is 11.2. The van der Waals surface area contributed by atoms with Crippen LogP contribution < -0.4 is 5.32 Å². The summed E-state index contributed by atoms with van der Waals surface area (Å²) in [6, 6.07) is 9.32. The van der Waals surface area contributed by atoms with Gasteiger partial charge in [0.25, 0.3) is 0 Å². The Hall–Kier alpha value is -0.860. The Labute approximate surface area is 110 Å². The molecule has 1 aromatic carbocycles. The number of aryl methyl sites for hydroxylation is 1.